The minimum Gasteiger partial charge on any atom is -0.539 e. The van der Waals surface area contributed by atoms with Crippen LogP contribution in [0.5, 0.6) is 5.95 Å². The summed E-state index contributed by atoms with van der Waals surface area (Å²) < 4.78 is 31.7. The van der Waals surface area contributed by atoms with Gasteiger partial charge in [0.05, 0.1) is 11.4 Å². The normalized spacial score (nSPS) is 18.7. The minimum absolute atomic E-state index is 0.275. The third kappa shape index (κ3) is 2.96. The molecule has 1 aromatic carbocycles. The number of aromatic nitrogens is 2. The Bertz CT molecular complexity index is 829. The third-order valence-corrected chi connectivity index (χ3v) is 6.02. The smallest absolute Gasteiger partial charge is 0.255 e. The maximum Gasteiger partial charge on any atom is 0.255 e. The Labute approximate surface area is 140 Å². The van der Waals surface area contributed by atoms with Crippen LogP contribution in [0.4, 0.5) is 0 Å². The lowest BCUT2D eigenvalue weighted by molar-refractivity contribution is -0.766. The van der Waals surface area contributed by atoms with Crippen molar-refractivity contribution in [3.63, 3.8) is 0 Å². The van der Waals surface area contributed by atoms with Gasteiger partial charge < -0.3 is 9.63 Å². The molecule has 3 rings (SSSR count). The lowest BCUT2D eigenvalue weighted by Crippen LogP contribution is -2.74. The van der Waals surface area contributed by atoms with E-state index in [1.54, 1.807) is 24.3 Å². The maximum absolute atomic E-state index is 12.9. The molecule has 9 heteroatoms. The number of aryl methyl sites for hydroxylation is 1. The van der Waals surface area contributed by atoms with Crippen molar-refractivity contribution >= 4 is 10.0 Å². The molecule has 2 heterocycles. The van der Waals surface area contributed by atoms with E-state index >= 15 is 0 Å². The van der Waals surface area contributed by atoms with Gasteiger partial charge in [0.1, 0.15) is 10.8 Å². The second kappa shape index (κ2) is 5.75. The molecule has 0 amide bonds. The van der Waals surface area contributed by atoms with E-state index in [1.165, 1.54) is 15.3 Å². The molecule has 8 nitrogen and oxygen atoms in total. The van der Waals surface area contributed by atoms with Crippen molar-refractivity contribution in [2.75, 3.05) is 24.6 Å². The molecule has 1 fully saturated rings. The van der Waals surface area contributed by atoms with E-state index in [0.29, 0.717) is 13.1 Å². The van der Waals surface area contributed by atoms with Crippen LogP contribution in [-0.4, -0.2) is 43.2 Å². The first-order valence-electron chi connectivity index (χ1n) is 7.60. The minimum atomic E-state index is -3.56. The van der Waals surface area contributed by atoms with E-state index in [2.05, 4.69) is 9.79 Å². The second-order valence-corrected chi connectivity index (χ2v) is 8.47. The fourth-order valence-corrected chi connectivity index (χ4v) is 4.47. The Morgan fingerprint density at radius 2 is 1.92 bits per heavy atom. The van der Waals surface area contributed by atoms with Gasteiger partial charge in [-0.2, -0.15) is 4.31 Å². The number of hydrogen-bond donors (Lipinski definition) is 0. The van der Waals surface area contributed by atoms with E-state index in [1.807, 2.05) is 25.8 Å². The van der Waals surface area contributed by atoms with Crippen molar-refractivity contribution in [1.29, 1.82) is 0 Å². The summed E-state index contributed by atoms with van der Waals surface area (Å²) in [4.78, 5) is 1.63. The van der Waals surface area contributed by atoms with Crippen molar-refractivity contribution in [2.45, 2.75) is 31.2 Å². The van der Waals surface area contributed by atoms with Gasteiger partial charge in [-0.15, -0.1) is 5.01 Å². The van der Waals surface area contributed by atoms with Gasteiger partial charge in [-0.25, -0.2) is 8.42 Å². The standard InChI is InChI=1S/C15H20N4O4S/c1-12-4-6-13(7-5-12)24(21,22)17-8-9-18(15(2,3)11-17)19-10-14(20)23-16-19/h4-7,10H,8-9,11H2,1-3H3. The zero-order valence-electron chi connectivity index (χ0n) is 13.8. The van der Waals surface area contributed by atoms with Gasteiger partial charge in [-0.3, -0.25) is 0 Å². The topological polar surface area (TPSA) is 93.6 Å². The van der Waals surface area contributed by atoms with Gasteiger partial charge in [0.2, 0.25) is 10.0 Å². The van der Waals surface area contributed by atoms with Crippen molar-refractivity contribution in [1.82, 2.24) is 9.58 Å². The molecule has 1 saturated heterocycles. The summed E-state index contributed by atoms with van der Waals surface area (Å²) in [6.45, 7) is 6.68. The Morgan fingerprint density at radius 1 is 1.25 bits per heavy atom. The molecule has 0 unspecified atom stereocenters. The summed E-state index contributed by atoms with van der Waals surface area (Å²) in [7, 11) is -3.56. The summed E-state index contributed by atoms with van der Waals surface area (Å²) in [5.74, 6) is -0.541. The zero-order valence-corrected chi connectivity index (χ0v) is 14.7. The maximum atomic E-state index is 12.9. The SMILES string of the molecule is Cc1ccc(S(=O)(=O)N2CCN([n+]3cc([O-])on3)C(C)(C)C2)cc1. The van der Waals surface area contributed by atoms with Crippen LogP contribution in [0.1, 0.15) is 19.4 Å². The first-order chi connectivity index (χ1) is 11.2. The Morgan fingerprint density at radius 3 is 2.46 bits per heavy atom. The molecule has 1 aliphatic heterocycles. The molecule has 0 aliphatic carbocycles. The fraction of sp³-hybridized carbons (Fsp3) is 0.467. The highest BCUT2D eigenvalue weighted by Gasteiger charge is 2.44. The number of nitrogens with zero attached hydrogens (tertiary/aromatic N) is 4. The predicted molar refractivity (Wildman–Crippen MR) is 83.2 cm³/mol. The van der Waals surface area contributed by atoms with E-state index in [0.717, 1.165) is 5.56 Å². The average Bonchev–Trinajstić information content (AvgIpc) is 2.92. The Balaban J connectivity index is 1.84. The lowest BCUT2D eigenvalue weighted by atomic mass is 10.0. The number of sulfonamides is 1. The molecule has 0 bridgehead atoms. The van der Waals surface area contributed by atoms with Gasteiger partial charge >= 0.3 is 0 Å². The molecular weight excluding hydrogens is 332 g/mol. The van der Waals surface area contributed by atoms with Crippen LogP contribution in [0, 0.1) is 6.92 Å². The first-order valence-corrected chi connectivity index (χ1v) is 9.05. The number of hydrogen-bond acceptors (Lipinski definition) is 6. The molecule has 130 valence electrons. The van der Waals surface area contributed by atoms with Gasteiger partial charge in [0.25, 0.3) is 6.20 Å². The molecular formula is C15H20N4O4S. The van der Waals surface area contributed by atoms with Crippen molar-refractivity contribution in [2.24, 2.45) is 0 Å². The summed E-state index contributed by atoms with van der Waals surface area (Å²) >= 11 is 0. The summed E-state index contributed by atoms with van der Waals surface area (Å²) in [6.07, 6.45) is 1.24. The molecule has 0 saturated carbocycles. The number of benzene rings is 1. The largest absolute Gasteiger partial charge is 0.539 e. The molecule has 0 atom stereocenters. The fourth-order valence-electron chi connectivity index (χ4n) is 2.88. The average molecular weight is 352 g/mol. The molecule has 24 heavy (non-hydrogen) atoms. The molecule has 1 aliphatic rings. The van der Waals surface area contributed by atoms with Crippen LogP contribution < -0.4 is 14.9 Å². The second-order valence-electron chi connectivity index (χ2n) is 6.53. The lowest BCUT2D eigenvalue weighted by Gasteiger charge is -2.41. The van der Waals surface area contributed by atoms with Crippen LogP contribution >= 0.6 is 0 Å². The monoisotopic (exact) mass is 352 g/mol. The zero-order chi connectivity index (χ0) is 17.5. The summed E-state index contributed by atoms with van der Waals surface area (Å²) in [6, 6.07) is 6.82. The molecule has 2 aromatic rings. The van der Waals surface area contributed by atoms with Crippen LogP contribution in [0.15, 0.2) is 39.9 Å². The highest BCUT2D eigenvalue weighted by molar-refractivity contribution is 7.89. The summed E-state index contributed by atoms with van der Waals surface area (Å²) in [5.41, 5.74) is 0.458. The quantitative estimate of drug-likeness (QED) is 0.708. The molecule has 0 spiro atoms. The van der Waals surface area contributed by atoms with Crippen LogP contribution in [0.3, 0.4) is 0 Å². The van der Waals surface area contributed by atoms with Crippen molar-refractivity contribution in [3.05, 3.63) is 36.0 Å². The van der Waals surface area contributed by atoms with Crippen LogP contribution in [0.2, 0.25) is 0 Å². The highest BCUT2D eigenvalue weighted by Crippen LogP contribution is 2.24. The van der Waals surface area contributed by atoms with E-state index in [-0.39, 0.29) is 11.4 Å². The van der Waals surface area contributed by atoms with E-state index in [9.17, 15) is 13.5 Å². The summed E-state index contributed by atoms with van der Waals surface area (Å²) in [5, 5.41) is 16.7. The van der Waals surface area contributed by atoms with Gasteiger partial charge in [-0.05, 0) is 32.9 Å². The van der Waals surface area contributed by atoms with Gasteiger partial charge in [0, 0.05) is 17.9 Å². The van der Waals surface area contributed by atoms with Gasteiger partial charge in [0.15, 0.2) is 5.95 Å². The third-order valence-electron chi connectivity index (χ3n) is 4.16. The van der Waals surface area contributed by atoms with Crippen LogP contribution in [-0.2, 0) is 10.0 Å². The van der Waals surface area contributed by atoms with E-state index < -0.39 is 21.5 Å². The highest BCUT2D eigenvalue weighted by atomic mass is 32.2. The Kier molecular flexibility index (Phi) is 4.00. The predicted octanol–water partition coefficient (Wildman–Crippen LogP) is -0.235. The molecule has 1 aromatic heterocycles. The molecule has 0 radical (unpaired) electrons. The first kappa shape index (κ1) is 16.7. The Hall–Kier alpha value is -2.13. The van der Waals surface area contributed by atoms with Gasteiger partial charge in [-0.1, -0.05) is 17.7 Å². The molecule has 0 N–H and O–H groups in total. The van der Waals surface area contributed by atoms with Crippen molar-refractivity contribution < 1.29 is 22.8 Å². The van der Waals surface area contributed by atoms with Crippen molar-refractivity contribution in [3.8, 4) is 5.95 Å². The number of rotatable bonds is 3. The van der Waals surface area contributed by atoms with Crippen LogP contribution in [0.25, 0.3) is 0 Å². The van der Waals surface area contributed by atoms with E-state index in [4.69, 9.17) is 0 Å². The number of piperazine rings is 1.